The second-order valence-corrected chi connectivity index (χ2v) is 2.67. The number of hydrogen-bond acceptors (Lipinski definition) is 5. The fourth-order valence-corrected chi connectivity index (χ4v) is 1.06. The zero-order chi connectivity index (χ0) is 9.30. The standard InChI is InChI=1S/C6H11FO5/c7-3-2(1-8)12-6(11)5(10)4(3)9/h2-6,8-11H,1H2/t2?,3-,4?,5?,6+/m1/s1. The zero-order valence-corrected chi connectivity index (χ0v) is 6.17. The molecule has 1 aliphatic rings. The van der Waals surface area contributed by atoms with E-state index in [1.165, 1.54) is 0 Å². The minimum atomic E-state index is -1.88. The van der Waals surface area contributed by atoms with Crippen LogP contribution < -0.4 is 0 Å². The number of alkyl halides is 1. The Bertz CT molecular complexity index is 150. The lowest BCUT2D eigenvalue weighted by Gasteiger charge is -2.36. The highest BCUT2D eigenvalue weighted by molar-refractivity contribution is 4.88. The molecule has 5 nitrogen and oxygen atoms in total. The van der Waals surface area contributed by atoms with Crippen LogP contribution in [0.1, 0.15) is 0 Å². The van der Waals surface area contributed by atoms with E-state index in [-0.39, 0.29) is 0 Å². The summed E-state index contributed by atoms with van der Waals surface area (Å²) in [5.74, 6) is 0. The van der Waals surface area contributed by atoms with Gasteiger partial charge in [0, 0.05) is 0 Å². The Hall–Kier alpha value is -0.270. The molecule has 1 aliphatic heterocycles. The van der Waals surface area contributed by atoms with Crippen LogP contribution in [0.15, 0.2) is 0 Å². The molecule has 0 amide bonds. The Balaban J connectivity index is 2.63. The summed E-state index contributed by atoms with van der Waals surface area (Å²) in [7, 11) is 0. The highest BCUT2D eigenvalue weighted by atomic mass is 19.1. The van der Waals surface area contributed by atoms with Crippen molar-refractivity contribution in [3.05, 3.63) is 0 Å². The number of rotatable bonds is 1. The summed E-state index contributed by atoms with van der Waals surface area (Å²) in [5.41, 5.74) is 0. The number of hydrogen-bond donors (Lipinski definition) is 4. The molecule has 6 heteroatoms. The molecule has 0 bridgehead atoms. The molecule has 0 radical (unpaired) electrons. The van der Waals surface area contributed by atoms with Crippen molar-refractivity contribution in [2.24, 2.45) is 0 Å². The van der Waals surface area contributed by atoms with Crippen molar-refractivity contribution in [2.75, 3.05) is 6.61 Å². The topological polar surface area (TPSA) is 90.2 Å². The number of ether oxygens (including phenoxy) is 1. The van der Waals surface area contributed by atoms with E-state index in [4.69, 9.17) is 20.4 Å². The van der Waals surface area contributed by atoms with Gasteiger partial charge in [-0.3, -0.25) is 0 Å². The molecule has 0 aromatic heterocycles. The van der Waals surface area contributed by atoms with Crippen molar-refractivity contribution >= 4 is 0 Å². The maximum Gasteiger partial charge on any atom is 0.184 e. The average molecular weight is 182 g/mol. The van der Waals surface area contributed by atoms with E-state index in [0.29, 0.717) is 0 Å². The van der Waals surface area contributed by atoms with Crippen LogP contribution >= 0.6 is 0 Å². The lowest BCUT2D eigenvalue weighted by molar-refractivity contribution is -0.274. The second-order valence-electron chi connectivity index (χ2n) is 2.67. The first kappa shape index (κ1) is 9.82. The van der Waals surface area contributed by atoms with E-state index < -0.39 is 37.4 Å². The third-order valence-corrected chi connectivity index (χ3v) is 1.82. The van der Waals surface area contributed by atoms with Gasteiger partial charge in [-0.25, -0.2) is 4.39 Å². The predicted molar refractivity (Wildman–Crippen MR) is 34.9 cm³/mol. The minimum absolute atomic E-state index is 0.651. The lowest BCUT2D eigenvalue weighted by Crippen LogP contribution is -2.56. The molecule has 72 valence electrons. The highest BCUT2D eigenvalue weighted by Gasteiger charge is 2.43. The molecule has 5 atom stereocenters. The molecular weight excluding hydrogens is 171 g/mol. The van der Waals surface area contributed by atoms with Crippen molar-refractivity contribution in [2.45, 2.75) is 30.8 Å². The first-order valence-electron chi connectivity index (χ1n) is 3.52. The van der Waals surface area contributed by atoms with Gasteiger partial charge >= 0.3 is 0 Å². The summed E-state index contributed by atoms with van der Waals surface area (Å²) in [6.07, 6.45) is -8.19. The van der Waals surface area contributed by atoms with Gasteiger partial charge in [0.05, 0.1) is 6.61 Å². The molecule has 0 saturated carbocycles. The quantitative estimate of drug-likeness (QED) is 0.368. The maximum absolute atomic E-state index is 12.9. The van der Waals surface area contributed by atoms with Crippen LogP contribution in [-0.2, 0) is 4.74 Å². The van der Waals surface area contributed by atoms with Gasteiger partial charge in [-0.05, 0) is 0 Å². The lowest BCUT2D eigenvalue weighted by atomic mass is 10.0. The van der Waals surface area contributed by atoms with Crippen molar-refractivity contribution in [1.29, 1.82) is 0 Å². The molecule has 3 unspecified atom stereocenters. The fourth-order valence-electron chi connectivity index (χ4n) is 1.06. The molecule has 0 aromatic carbocycles. The first-order chi connectivity index (χ1) is 5.57. The minimum Gasteiger partial charge on any atom is -0.394 e. The highest BCUT2D eigenvalue weighted by Crippen LogP contribution is 2.21. The smallest absolute Gasteiger partial charge is 0.184 e. The van der Waals surface area contributed by atoms with Gasteiger partial charge in [0.2, 0.25) is 0 Å². The van der Waals surface area contributed by atoms with E-state index in [0.717, 1.165) is 0 Å². The van der Waals surface area contributed by atoms with E-state index >= 15 is 0 Å². The Morgan fingerprint density at radius 2 is 1.75 bits per heavy atom. The number of halogens is 1. The molecule has 0 aliphatic carbocycles. The van der Waals surface area contributed by atoms with Crippen molar-refractivity contribution in [1.82, 2.24) is 0 Å². The van der Waals surface area contributed by atoms with E-state index in [2.05, 4.69) is 4.74 Å². The summed E-state index contributed by atoms with van der Waals surface area (Å²) in [4.78, 5) is 0. The normalized spacial score (nSPS) is 49.2. The Labute approximate surface area is 68.0 Å². The molecule has 1 saturated heterocycles. The summed E-state index contributed by atoms with van der Waals surface area (Å²) in [6.45, 7) is -0.651. The zero-order valence-electron chi connectivity index (χ0n) is 6.17. The Morgan fingerprint density at radius 1 is 1.17 bits per heavy atom. The molecule has 1 fully saturated rings. The molecule has 0 aromatic rings. The third-order valence-electron chi connectivity index (χ3n) is 1.82. The second kappa shape index (κ2) is 3.63. The molecule has 4 N–H and O–H groups in total. The SMILES string of the molecule is OCC1O[C@H](O)C(O)C(O)[C@@H]1F. The summed E-state index contributed by atoms with van der Waals surface area (Å²) >= 11 is 0. The van der Waals surface area contributed by atoms with Crippen molar-refractivity contribution in [3.8, 4) is 0 Å². The summed E-state index contributed by atoms with van der Waals surface area (Å²) < 4.78 is 17.3. The van der Waals surface area contributed by atoms with Crippen LogP contribution in [0.4, 0.5) is 4.39 Å². The van der Waals surface area contributed by atoms with Crippen molar-refractivity contribution in [3.63, 3.8) is 0 Å². The molecule has 1 heterocycles. The number of aliphatic hydroxyl groups excluding tert-OH is 4. The molecule has 1 rings (SSSR count). The summed E-state index contributed by atoms with van der Waals surface area (Å²) in [6, 6.07) is 0. The van der Waals surface area contributed by atoms with Crippen LogP contribution in [0.3, 0.4) is 0 Å². The van der Waals surface area contributed by atoms with Gasteiger partial charge in [-0.1, -0.05) is 0 Å². The summed E-state index contributed by atoms with van der Waals surface area (Å²) in [5, 5.41) is 35.2. The monoisotopic (exact) mass is 182 g/mol. The van der Waals surface area contributed by atoms with E-state index in [1.807, 2.05) is 0 Å². The van der Waals surface area contributed by atoms with E-state index in [1.54, 1.807) is 0 Å². The van der Waals surface area contributed by atoms with Gasteiger partial charge in [-0.15, -0.1) is 0 Å². The van der Waals surface area contributed by atoms with Gasteiger partial charge in [0.15, 0.2) is 12.5 Å². The first-order valence-corrected chi connectivity index (χ1v) is 3.52. The maximum atomic E-state index is 12.9. The fraction of sp³-hybridized carbons (Fsp3) is 1.00. The largest absolute Gasteiger partial charge is 0.394 e. The van der Waals surface area contributed by atoms with Crippen LogP contribution in [0, 0.1) is 0 Å². The molecular formula is C6H11FO5. The van der Waals surface area contributed by atoms with E-state index in [9.17, 15) is 4.39 Å². The van der Waals surface area contributed by atoms with Gasteiger partial charge < -0.3 is 25.2 Å². The Morgan fingerprint density at radius 3 is 2.25 bits per heavy atom. The van der Waals surface area contributed by atoms with Crippen LogP contribution in [0.25, 0.3) is 0 Å². The third kappa shape index (κ3) is 1.57. The Kier molecular flexibility index (Phi) is 2.97. The molecule has 0 spiro atoms. The van der Waals surface area contributed by atoms with Crippen LogP contribution in [-0.4, -0.2) is 57.8 Å². The van der Waals surface area contributed by atoms with Crippen molar-refractivity contribution < 1.29 is 29.6 Å². The van der Waals surface area contributed by atoms with Crippen LogP contribution in [0.2, 0.25) is 0 Å². The predicted octanol–water partition coefficient (Wildman–Crippen LogP) is -2.24. The average Bonchev–Trinajstić information content (AvgIpc) is 2.08. The van der Waals surface area contributed by atoms with Crippen LogP contribution in [0.5, 0.6) is 0 Å². The van der Waals surface area contributed by atoms with Gasteiger partial charge in [0.25, 0.3) is 0 Å². The van der Waals surface area contributed by atoms with Gasteiger partial charge in [0.1, 0.15) is 18.3 Å². The molecule has 12 heavy (non-hydrogen) atoms. The van der Waals surface area contributed by atoms with Gasteiger partial charge in [-0.2, -0.15) is 0 Å². The number of aliphatic hydroxyl groups is 4.